The molecule has 0 spiro atoms. The number of hydrogen-bond acceptors (Lipinski definition) is 5. The van der Waals surface area contributed by atoms with E-state index in [-0.39, 0.29) is 6.61 Å². The van der Waals surface area contributed by atoms with Gasteiger partial charge in [-0.15, -0.1) is 0 Å². The topological polar surface area (TPSA) is 77.8 Å². The summed E-state index contributed by atoms with van der Waals surface area (Å²) in [5.41, 5.74) is 0. The molecule has 0 saturated carbocycles. The maximum Gasteiger partial charge on any atom is 0.220 e. The van der Waals surface area contributed by atoms with E-state index in [9.17, 15) is 4.79 Å². The zero-order chi connectivity index (χ0) is 7.72. The van der Waals surface area contributed by atoms with Crippen molar-refractivity contribution in [2.45, 2.75) is 17.5 Å². The number of aliphatic hydroxyl groups excluding tert-OH is 3. The van der Waals surface area contributed by atoms with E-state index in [0.717, 1.165) is 11.8 Å². The van der Waals surface area contributed by atoms with Gasteiger partial charge in [0.2, 0.25) is 5.12 Å². The quantitative estimate of drug-likeness (QED) is 0.432. The molecule has 0 amide bonds. The molecule has 3 atom stereocenters. The summed E-state index contributed by atoms with van der Waals surface area (Å²) in [5.74, 6) is 0. The Balaban J connectivity index is 2.61. The largest absolute Gasteiger partial charge is 0.395 e. The van der Waals surface area contributed by atoms with E-state index >= 15 is 0 Å². The Morgan fingerprint density at radius 1 is 1.50 bits per heavy atom. The van der Waals surface area contributed by atoms with Crippen LogP contribution in [0.1, 0.15) is 0 Å². The van der Waals surface area contributed by atoms with Crippen LogP contribution >= 0.6 is 11.8 Å². The van der Waals surface area contributed by atoms with Gasteiger partial charge < -0.3 is 15.3 Å². The highest BCUT2D eigenvalue weighted by atomic mass is 32.2. The first-order valence-electron chi connectivity index (χ1n) is 2.84. The van der Waals surface area contributed by atoms with Crippen LogP contribution in [0.15, 0.2) is 0 Å². The van der Waals surface area contributed by atoms with Crippen LogP contribution in [-0.2, 0) is 4.79 Å². The Hall–Kier alpha value is -0.100. The van der Waals surface area contributed by atoms with Gasteiger partial charge in [-0.1, -0.05) is 11.8 Å². The Bertz CT molecular complexity index is 149. The summed E-state index contributed by atoms with van der Waals surface area (Å²) in [5, 5.41) is 25.3. The van der Waals surface area contributed by atoms with Crippen molar-refractivity contribution >= 4 is 16.9 Å². The Kier molecular flexibility index (Phi) is 2.30. The predicted molar refractivity (Wildman–Crippen MR) is 35.5 cm³/mol. The molecule has 5 heteroatoms. The van der Waals surface area contributed by atoms with Crippen LogP contribution in [0.5, 0.6) is 0 Å². The molecule has 10 heavy (non-hydrogen) atoms. The van der Waals surface area contributed by atoms with Crippen LogP contribution in [0.25, 0.3) is 0 Å². The number of rotatable bonds is 1. The van der Waals surface area contributed by atoms with Gasteiger partial charge in [0.05, 0.1) is 11.9 Å². The number of carbonyl (C=O) groups is 1. The molecule has 0 unspecified atom stereocenters. The molecule has 0 aromatic rings. The predicted octanol–water partition coefficient (Wildman–Crippen LogP) is -1.66. The van der Waals surface area contributed by atoms with Crippen LogP contribution in [0.4, 0.5) is 0 Å². The van der Waals surface area contributed by atoms with Crippen molar-refractivity contribution in [3.05, 3.63) is 0 Å². The maximum atomic E-state index is 10.6. The maximum absolute atomic E-state index is 10.6. The van der Waals surface area contributed by atoms with Gasteiger partial charge in [0.1, 0.15) is 12.2 Å². The first-order chi connectivity index (χ1) is 4.66. The lowest BCUT2D eigenvalue weighted by atomic mass is 10.2. The molecule has 0 aliphatic carbocycles. The summed E-state index contributed by atoms with van der Waals surface area (Å²) in [6.07, 6.45) is -2.43. The Labute approximate surface area is 61.9 Å². The molecule has 3 N–H and O–H groups in total. The van der Waals surface area contributed by atoms with E-state index < -0.39 is 22.6 Å². The van der Waals surface area contributed by atoms with E-state index in [1.165, 1.54) is 0 Å². The zero-order valence-electron chi connectivity index (χ0n) is 5.10. The van der Waals surface area contributed by atoms with Gasteiger partial charge >= 0.3 is 0 Å². The summed E-state index contributed by atoms with van der Waals surface area (Å²) in [7, 11) is 0. The molecule has 1 rings (SSSR count). The minimum atomic E-state index is -1.32. The second-order valence-electron chi connectivity index (χ2n) is 2.09. The highest BCUT2D eigenvalue weighted by Gasteiger charge is 2.40. The molecule has 0 aromatic heterocycles. The summed E-state index contributed by atoms with van der Waals surface area (Å²) in [4.78, 5) is 10.6. The third-order valence-electron chi connectivity index (χ3n) is 1.39. The molecular weight excluding hydrogens is 156 g/mol. The van der Waals surface area contributed by atoms with Crippen molar-refractivity contribution in [3.8, 4) is 0 Å². The molecule has 1 fully saturated rings. The summed E-state index contributed by atoms with van der Waals surface area (Å²) in [6.45, 7) is -0.283. The van der Waals surface area contributed by atoms with Crippen LogP contribution in [0.2, 0.25) is 0 Å². The number of hydrogen-bond donors (Lipinski definition) is 3. The van der Waals surface area contributed by atoms with Crippen LogP contribution in [0.3, 0.4) is 0 Å². The van der Waals surface area contributed by atoms with Crippen molar-refractivity contribution in [1.29, 1.82) is 0 Å². The normalized spacial score (nSPS) is 40.7. The van der Waals surface area contributed by atoms with E-state index in [2.05, 4.69) is 0 Å². The number of thioether (sulfide) groups is 1. The average Bonchev–Trinajstić information content (AvgIpc) is 2.17. The summed E-state index contributed by atoms with van der Waals surface area (Å²) in [6, 6.07) is 0. The fourth-order valence-electron chi connectivity index (χ4n) is 0.777. The van der Waals surface area contributed by atoms with Crippen molar-refractivity contribution in [2.24, 2.45) is 0 Å². The van der Waals surface area contributed by atoms with Crippen molar-refractivity contribution in [3.63, 3.8) is 0 Å². The molecular formula is C5H8O4S. The van der Waals surface area contributed by atoms with E-state index in [1.54, 1.807) is 0 Å². The molecule has 1 aliphatic rings. The van der Waals surface area contributed by atoms with Gasteiger partial charge in [0.25, 0.3) is 0 Å². The molecule has 0 bridgehead atoms. The monoisotopic (exact) mass is 164 g/mol. The summed E-state index contributed by atoms with van der Waals surface area (Å²) < 4.78 is 0. The summed E-state index contributed by atoms with van der Waals surface area (Å²) >= 11 is 0.793. The second-order valence-corrected chi connectivity index (χ2v) is 3.34. The first-order valence-corrected chi connectivity index (χ1v) is 3.72. The molecule has 1 saturated heterocycles. The zero-order valence-corrected chi connectivity index (χ0v) is 5.91. The van der Waals surface area contributed by atoms with Gasteiger partial charge in [-0.05, 0) is 0 Å². The lowest BCUT2D eigenvalue weighted by Gasteiger charge is -2.09. The lowest BCUT2D eigenvalue weighted by molar-refractivity contribution is -0.121. The molecule has 0 aromatic carbocycles. The van der Waals surface area contributed by atoms with Crippen molar-refractivity contribution < 1.29 is 20.1 Å². The van der Waals surface area contributed by atoms with Crippen molar-refractivity contribution in [2.75, 3.05) is 6.61 Å². The minimum absolute atomic E-state index is 0.283. The van der Waals surface area contributed by atoms with E-state index in [1.807, 2.05) is 0 Å². The van der Waals surface area contributed by atoms with E-state index in [4.69, 9.17) is 15.3 Å². The molecule has 1 aliphatic heterocycles. The van der Waals surface area contributed by atoms with Gasteiger partial charge in [0.15, 0.2) is 0 Å². The van der Waals surface area contributed by atoms with Crippen molar-refractivity contribution in [1.82, 2.24) is 0 Å². The molecule has 1 heterocycles. The van der Waals surface area contributed by atoms with E-state index in [0.29, 0.717) is 0 Å². The third kappa shape index (κ3) is 1.17. The highest BCUT2D eigenvalue weighted by Crippen LogP contribution is 2.28. The Morgan fingerprint density at radius 3 is 2.30 bits per heavy atom. The highest BCUT2D eigenvalue weighted by molar-refractivity contribution is 8.14. The third-order valence-corrected chi connectivity index (χ3v) is 2.60. The van der Waals surface area contributed by atoms with Crippen LogP contribution in [-0.4, -0.2) is 44.5 Å². The molecule has 4 nitrogen and oxygen atoms in total. The fourth-order valence-corrected chi connectivity index (χ4v) is 1.72. The lowest BCUT2D eigenvalue weighted by Crippen LogP contribution is -2.32. The first kappa shape index (κ1) is 8.00. The van der Waals surface area contributed by atoms with Crippen LogP contribution < -0.4 is 0 Å². The van der Waals surface area contributed by atoms with Gasteiger partial charge in [-0.25, -0.2) is 0 Å². The average molecular weight is 164 g/mol. The number of aliphatic hydroxyl groups is 3. The molecule has 0 radical (unpaired) electrons. The van der Waals surface area contributed by atoms with Gasteiger partial charge in [-0.3, -0.25) is 4.79 Å². The fraction of sp³-hybridized carbons (Fsp3) is 0.800. The van der Waals surface area contributed by atoms with Crippen LogP contribution in [0, 0.1) is 0 Å². The second kappa shape index (κ2) is 2.87. The molecule has 58 valence electrons. The Morgan fingerprint density at radius 2 is 2.10 bits per heavy atom. The standard InChI is InChI=1S/C5H8O4S/c6-1-2-3(7)4(8)5(9)10-2/h2-4,6-8H,1H2/t2-,3+,4+/m0/s1. The van der Waals surface area contributed by atoms with Gasteiger partial charge in [-0.2, -0.15) is 0 Å². The SMILES string of the molecule is O=C1S[C@@H](CO)[C@@H](O)[C@H]1O. The van der Waals surface area contributed by atoms with Gasteiger partial charge in [0, 0.05) is 0 Å². The number of carbonyl (C=O) groups excluding carboxylic acids is 1. The minimum Gasteiger partial charge on any atom is -0.395 e. The smallest absolute Gasteiger partial charge is 0.220 e.